The lowest BCUT2D eigenvalue weighted by molar-refractivity contribution is -0.199. The number of thiazole rings is 1. The third-order valence-electron chi connectivity index (χ3n) is 4.23. The molecule has 9 nitrogen and oxygen atoms in total. The van der Waals surface area contributed by atoms with E-state index in [1.165, 1.54) is 0 Å². The standard InChI is InChI=1S/C15H15ClF3N5O4S2/c1-23(9-2-3-20-5-9)13-11(16)4-10(6-21-13)30(26,27)24(12-7-29-8-22-12)28-14(25)15(17,18)19/h4,6-9,20H,2-3,5H2,1H3/t9-/m0/s1. The van der Waals surface area contributed by atoms with Gasteiger partial charge in [-0.25, -0.2) is 14.8 Å². The number of halogens is 4. The van der Waals surface area contributed by atoms with E-state index in [0.717, 1.165) is 47.5 Å². The fourth-order valence-corrected chi connectivity index (χ4v) is 4.79. The zero-order valence-corrected chi connectivity index (χ0v) is 17.6. The van der Waals surface area contributed by atoms with Crippen LogP contribution in [0.2, 0.25) is 5.02 Å². The summed E-state index contributed by atoms with van der Waals surface area (Å²) in [5.41, 5.74) is 1.16. The van der Waals surface area contributed by atoms with Crippen LogP contribution in [0.3, 0.4) is 0 Å². The van der Waals surface area contributed by atoms with E-state index in [1.807, 2.05) is 0 Å². The molecule has 1 fully saturated rings. The van der Waals surface area contributed by atoms with Gasteiger partial charge in [-0.1, -0.05) is 16.1 Å². The number of nitrogens with one attached hydrogen (secondary N) is 1. The first-order chi connectivity index (χ1) is 14.0. The zero-order chi connectivity index (χ0) is 22.1. The van der Waals surface area contributed by atoms with Crippen LogP contribution in [0.25, 0.3) is 0 Å². The fraction of sp³-hybridized carbons (Fsp3) is 0.400. The van der Waals surface area contributed by atoms with Gasteiger partial charge in [-0.15, -0.1) is 11.3 Å². The van der Waals surface area contributed by atoms with Crippen LogP contribution >= 0.6 is 22.9 Å². The number of rotatable bonds is 6. The zero-order valence-electron chi connectivity index (χ0n) is 15.3. The van der Waals surface area contributed by atoms with Crippen molar-refractivity contribution < 1.29 is 31.2 Å². The smallest absolute Gasteiger partial charge is 0.354 e. The van der Waals surface area contributed by atoms with Gasteiger partial charge in [0.15, 0.2) is 5.82 Å². The number of sulfonamides is 1. The summed E-state index contributed by atoms with van der Waals surface area (Å²) >= 11 is 7.10. The molecule has 0 bridgehead atoms. The molecule has 1 aliphatic rings. The van der Waals surface area contributed by atoms with Crippen molar-refractivity contribution in [3.8, 4) is 0 Å². The average molecular weight is 486 g/mol. The Morgan fingerprint density at radius 2 is 2.13 bits per heavy atom. The Morgan fingerprint density at radius 3 is 2.67 bits per heavy atom. The molecule has 2 aromatic rings. The number of pyridine rings is 1. The molecule has 1 N–H and O–H groups in total. The first-order valence-corrected chi connectivity index (χ1v) is 11.1. The molecule has 0 unspecified atom stereocenters. The normalized spacial score (nSPS) is 17.0. The van der Waals surface area contributed by atoms with Gasteiger partial charge in [-0.05, 0) is 19.0 Å². The number of anilines is 2. The summed E-state index contributed by atoms with van der Waals surface area (Å²) < 4.78 is 63.5. The quantitative estimate of drug-likeness (QED) is 0.621. The molecule has 1 aliphatic heterocycles. The van der Waals surface area contributed by atoms with Crippen molar-refractivity contribution in [2.24, 2.45) is 0 Å². The van der Waals surface area contributed by atoms with Crippen molar-refractivity contribution >= 4 is 50.6 Å². The van der Waals surface area contributed by atoms with Crippen LogP contribution in [-0.4, -0.2) is 56.7 Å². The minimum atomic E-state index is -5.42. The maximum atomic E-state index is 12.9. The second kappa shape index (κ2) is 8.53. The van der Waals surface area contributed by atoms with Gasteiger partial charge in [0.1, 0.15) is 10.7 Å². The Kier molecular flexibility index (Phi) is 6.40. The predicted octanol–water partition coefficient (Wildman–Crippen LogP) is 2.21. The molecule has 3 rings (SSSR count). The number of carbonyl (C=O) groups excluding carboxylic acids is 1. The lowest BCUT2D eigenvalue weighted by atomic mass is 10.2. The van der Waals surface area contributed by atoms with Crippen molar-refractivity contribution in [2.45, 2.75) is 23.5 Å². The van der Waals surface area contributed by atoms with Crippen LogP contribution in [-0.2, 0) is 19.7 Å². The van der Waals surface area contributed by atoms with Gasteiger partial charge in [0.05, 0.1) is 16.7 Å². The van der Waals surface area contributed by atoms with Gasteiger partial charge < -0.3 is 15.1 Å². The van der Waals surface area contributed by atoms with Crippen LogP contribution in [0.4, 0.5) is 24.8 Å². The van der Waals surface area contributed by atoms with Crippen molar-refractivity contribution in [1.82, 2.24) is 15.3 Å². The molecule has 0 aliphatic carbocycles. The Hall–Kier alpha value is -2.16. The Labute approximate surface area is 178 Å². The van der Waals surface area contributed by atoms with Gasteiger partial charge in [0, 0.05) is 25.0 Å². The van der Waals surface area contributed by atoms with E-state index in [0.29, 0.717) is 12.4 Å². The molecule has 3 heterocycles. The molecule has 30 heavy (non-hydrogen) atoms. The number of alkyl halides is 3. The van der Waals surface area contributed by atoms with E-state index in [2.05, 4.69) is 20.1 Å². The van der Waals surface area contributed by atoms with Crippen molar-refractivity contribution in [2.75, 3.05) is 29.5 Å². The van der Waals surface area contributed by atoms with E-state index in [-0.39, 0.29) is 15.5 Å². The lowest BCUT2D eigenvalue weighted by Gasteiger charge is -2.26. The van der Waals surface area contributed by atoms with Gasteiger partial charge in [0.2, 0.25) is 0 Å². The Bertz CT molecular complexity index is 1010. The monoisotopic (exact) mass is 485 g/mol. The number of hydrogen-bond acceptors (Lipinski definition) is 9. The third kappa shape index (κ3) is 4.61. The minimum absolute atomic E-state index is 0.0362. The maximum absolute atomic E-state index is 12.9. The lowest BCUT2D eigenvalue weighted by Crippen LogP contribution is -2.39. The van der Waals surface area contributed by atoms with Crippen LogP contribution in [0, 0.1) is 0 Å². The molecular formula is C15H15ClF3N5O4S2. The van der Waals surface area contributed by atoms with Crippen LogP contribution in [0.5, 0.6) is 0 Å². The molecule has 164 valence electrons. The highest BCUT2D eigenvalue weighted by Crippen LogP contribution is 2.31. The first kappa shape index (κ1) is 22.5. The molecule has 0 radical (unpaired) electrons. The highest BCUT2D eigenvalue weighted by Gasteiger charge is 2.45. The Balaban J connectivity index is 1.94. The van der Waals surface area contributed by atoms with Gasteiger partial charge in [-0.3, -0.25) is 0 Å². The van der Waals surface area contributed by atoms with Gasteiger partial charge >= 0.3 is 12.1 Å². The molecule has 2 aromatic heterocycles. The van der Waals surface area contributed by atoms with E-state index >= 15 is 0 Å². The summed E-state index contributed by atoms with van der Waals surface area (Å²) in [5, 5.41) is 4.24. The molecular weight excluding hydrogens is 471 g/mol. The minimum Gasteiger partial charge on any atom is -0.354 e. The van der Waals surface area contributed by atoms with Crippen molar-refractivity contribution in [1.29, 1.82) is 0 Å². The van der Waals surface area contributed by atoms with Crippen molar-refractivity contribution in [3.05, 3.63) is 28.2 Å². The average Bonchev–Trinajstić information content (AvgIpc) is 3.38. The summed E-state index contributed by atoms with van der Waals surface area (Å²) in [6.07, 6.45) is -3.66. The van der Waals surface area contributed by atoms with Crippen LogP contribution in [0.15, 0.2) is 28.0 Å². The van der Waals surface area contributed by atoms with Crippen molar-refractivity contribution in [3.63, 3.8) is 0 Å². The second-order valence-corrected chi connectivity index (χ2v) is 9.07. The van der Waals surface area contributed by atoms with E-state index < -0.39 is 32.9 Å². The van der Waals surface area contributed by atoms with Crippen LogP contribution < -0.4 is 14.7 Å². The summed E-state index contributed by atoms with van der Waals surface area (Å²) in [7, 11) is -3.06. The van der Waals surface area contributed by atoms with E-state index in [4.69, 9.17) is 11.6 Å². The van der Waals surface area contributed by atoms with Gasteiger partial charge in [-0.2, -0.15) is 21.6 Å². The Morgan fingerprint density at radius 1 is 1.40 bits per heavy atom. The number of carbonyl (C=O) groups is 1. The molecule has 0 aromatic carbocycles. The fourth-order valence-electron chi connectivity index (χ4n) is 2.69. The molecule has 1 atom stereocenters. The SMILES string of the molecule is CN(c1ncc(S(=O)(=O)N(OC(=O)C(F)(F)F)c2cscn2)cc1Cl)[C@H]1CCNC1. The summed E-state index contributed by atoms with van der Waals surface area (Å²) in [4.78, 5) is 24.3. The topological polar surface area (TPSA) is 105 Å². The van der Waals surface area contributed by atoms with Gasteiger partial charge in [0.25, 0.3) is 10.0 Å². The highest BCUT2D eigenvalue weighted by atomic mass is 35.5. The number of aromatic nitrogens is 2. The third-order valence-corrected chi connectivity index (χ3v) is 6.60. The molecule has 1 saturated heterocycles. The number of likely N-dealkylation sites (N-methyl/N-ethyl adjacent to an activating group) is 1. The number of nitrogens with zero attached hydrogens (tertiary/aromatic N) is 4. The summed E-state index contributed by atoms with van der Waals surface area (Å²) in [5.74, 6) is -2.94. The molecule has 0 amide bonds. The van der Waals surface area contributed by atoms with Crippen LogP contribution in [0.1, 0.15) is 6.42 Å². The number of hydrogen-bond donors (Lipinski definition) is 1. The first-order valence-electron chi connectivity index (χ1n) is 8.33. The molecule has 0 spiro atoms. The largest absolute Gasteiger partial charge is 0.493 e. The highest BCUT2D eigenvalue weighted by molar-refractivity contribution is 7.92. The summed E-state index contributed by atoms with van der Waals surface area (Å²) in [6, 6.07) is 1.12. The van der Waals surface area contributed by atoms with E-state index in [9.17, 15) is 26.4 Å². The predicted molar refractivity (Wildman–Crippen MR) is 103 cm³/mol. The molecule has 15 heteroatoms. The van der Waals surface area contributed by atoms with E-state index in [1.54, 1.807) is 11.9 Å². The summed E-state index contributed by atoms with van der Waals surface area (Å²) in [6.45, 7) is 1.51. The maximum Gasteiger partial charge on any atom is 0.493 e. The second-order valence-electron chi connectivity index (χ2n) is 6.19. The molecule has 0 saturated carbocycles.